The maximum absolute atomic E-state index is 8.58. The minimum absolute atomic E-state index is 0.0554. The van der Waals surface area contributed by atoms with E-state index in [0.717, 1.165) is 18.9 Å². The minimum Gasteiger partial charge on any atom is -0.392 e. The predicted octanol–water partition coefficient (Wildman–Crippen LogP) is 0.652. The zero-order valence-electron chi connectivity index (χ0n) is 8.24. The molecule has 0 amide bonds. The Morgan fingerprint density at radius 3 is 2.79 bits per heavy atom. The number of rotatable bonds is 4. The summed E-state index contributed by atoms with van der Waals surface area (Å²) in [6.07, 6.45) is 13.0. The first-order valence-electron chi connectivity index (χ1n) is 4.82. The lowest BCUT2D eigenvalue weighted by Gasteiger charge is -2.19. The number of nitrogens with one attached hydrogen (secondary N) is 1. The minimum atomic E-state index is 0.0554. The van der Waals surface area contributed by atoms with Crippen molar-refractivity contribution in [1.29, 1.82) is 0 Å². The molecule has 0 aromatic carbocycles. The fraction of sp³-hybridized carbons (Fsp3) is 0.455. The van der Waals surface area contributed by atoms with Crippen LogP contribution in [0.5, 0.6) is 0 Å². The summed E-state index contributed by atoms with van der Waals surface area (Å²) in [7, 11) is 0. The van der Waals surface area contributed by atoms with Crippen LogP contribution in [0.25, 0.3) is 0 Å². The Kier molecular flexibility index (Phi) is 4.66. The van der Waals surface area contributed by atoms with Gasteiger partial charge in [0.25, 0.3) is 0 Å². The number of hydrogen-bond acceptors (Lipinski definition) is 3. The standard InChI is InChI=1S/C11H16N2O/c1-2-12-11(7-3-6-10-14)13-8-4-5-9-13/h1,3,6-7,12,14H,4-5,8-10H2/b6-3-,11-7+. The molecule has 1 saturated heterocycles. The molecule has 1 rings (SSSR count). The zero-order chi connectivity index (χ0) is 10.2. The number of aliphatic hydroxyl groups is 1. The van der Waals surface area contributed by atoms with E-state index in [2.05, 4.69) is 16.3 Å². The van der Waals surface area contributed by atoms with Crippen molar-refractivity contribution in [2.75, 3.05) is 19.7 Å². The quantitative estimate of drug-likeness (QED) is 0.390. The number of terminal acetylenes is 1. The van der Waals surface area contributed by atoms with E-state index in [1.54, 1.807) is 12.2 Å². The third-order valence-corrected chi connectivity index (χ3v) is 2.14. The molecule has 0 atom stereocenters. The molecule has 14 heavy (non-hydrogen) atoms. The largest absolute Gasteiger partial charge is 0.392 e. The van der Waals surface area contributed by atoms with Gasteiger partial charge in [0.1, 0.15) is 5.82 Å². The molecule has 0 spiro atoms. The second-order valence-electron chi connectivity index (χ2n) is 3.13. The smallest absolute Gasteiger partial charge is 0.113 e. The number of nitrogens with zero attached hydrogens (tertiary/aromatic N) is 1. The highest BCUT2D eigenvalue weighted by Gasteiger charge is 2.12. The number of aliphatic hydroxyl groups excluding tert-OH is 1. The molecule has 76 valence electrons. The fourth-order valence-electron chi connectivity index (χ4n) is 1.48. The number of allylic oxidation sites excluding steroid dienone is 2. The van der Waals surface area contributed by atoms with E-state index in [9.17, 15) is 0 Å². The topological polar surface area (TPSA) is 35.5 Å². The first kappa shape index (κ1) is 10.7. The maximum Gasteiger partial charge on any atom is 0.113 e. The molecule has 3 heteroatoms. The fourth-order valence-corrected chi connectivity index (χ4v) is 1.48. The van der Waals surface area contributed by atoms with Crippen LogP contribution in [-0.2, 0) is 0 Å². The van der Waals surface area contributed by atoms with Gasteiger partial charge in [-0.25, -0.2) is 0 Å². The van der Waals surface area contributed by atoms with E-state index in [4.69, 9.17) is 11.5 Å². The van der Waals surface area contributed by atoms with Gasteiger partial charge in [0, 0.05) is 19.1 Å². The second kappa shape index (κ2) is 6.11. The van der Waals surface area contributed by atoms with E-state index in [1.165, 1.54) is 12.8 Å². The van der Waals surface area contributed by atoms with Gasteiger partial charge >= 0.3 is 0 Å². The number of likely N-dealkylation sites (tertiary alicyclic amines) is 1. The Balaban J connectivity index is 2.58. The van der Waals surface area contributed by atoms with E-state index in [-0.39, 0.29) is 6.61 Å². The second-order valence-corrected chi connectivity index (χ2v) is 3.13. The average molecular weight is 192 g/mol. The first-order valence-corrected chi connectivity index (χ1v) is 4.82. The van der Waals surface area contributed by atoms with Crippen molar-refractivity contribution in [2.24, 2.45) is 0 Å². The van der Waals surface area contributed by atoms with Crippen LogP contribution < -0.4 is 5.32 Å². The van der Waals surface area contributed by atoms with Gasteiger partial charge < -0.3 is 15.3 Å². The van der Waals surface area contributed by atoms with Crippen LogP contribution in [0.4, 0.5) is 0 Å². The van der Waals surface area contributed by atoms with Gasteiger partial charge in [0.2, 0.25) is 0 Å². The van der Waals surface area contributed by atoms with Crippen molar-refractivity contribution in [3.05, 3.63) is 24.0 Å². The normalized spacial score (nSPS) is 17.4. The van der Waals surface area contributed by atoms with E-state index >= 15 is 0 Å². The van der Waals surface area contributed by atoms with Crippen molar-refractivity contribution in [3.8, 4) is 12.5 Å². The van der Waals surface area contributed by atoms with Gasteiger partial charge in [-0.15, -0.1) is 0 Å². The Labute approximate surface area is 85.1 Å². The third-order valence-electron chi connectivity index (χ3n) is 2.14. The van der Waals surface area contributed by atoms with Gasteiger partial charge in [-0.3, -0.25) is 0 Å². The van der Waals surface area contributed by atoms with E-state index in [1.807, 2.05) is 6.08 Å². The molecule has 0 saturated carbocycles. The molecular formula is C11H16N2O. The summed E-state index contributed by atoms with van der Waals surface area (Å²) in [6, 6.07) is 2.42. The summed E-state index contributed by atoms with van der Waals surface area (Å²) in [5.74, 6) is 0.940. The lowest BCUT2D eigenvalue weighted by molar-refractivity contribution is 0.342. The van der Waals surface area contributed by atoms with Crippen LogP contribution in [0, 0.1) is 12.5 Å². The van der Waals surface area contributed by atoms with Crippen molar-refractivity contribution in [1.82, 2.24) is 10.2 Å². The summed E-state index contributed by atoms with van der Waals surface area (Å²) in [5, 5.41) is 11.4. The third kappa shape index (κ3) is 3.15. The Hall–Kier alpha value is -1.40. The first-order chi connectivity index (χ1) is 6.88. The monoisotopic (exact) mass is 192 g/mol. The molecule has 0 aromatic rings. The Morgan fingerprint density at radius 2 is 2.21 bits per heavy atom. The van der Waals surface area contributed by atoms with Crippen molar-refractivity contribution < 1.29 is 5.11 Å². The highest BCUT2D eigenvalue weighted by molar-refractivity contribution is 5.14. The summed E-state index contributed by atoms with van der Waals surface area (Å²) in [6.45, 7) is 2.15. The highest BCUT2D eigenvalue weighted by Crippen LogP contribution is 2.12. The molecule has 0 bridgehead atoms. The van der Waals surface area contributed by atoms with Crippen molar-refractivity contribution >= 4 is 0 Å². The Morgan fingerprint density at radius 1 is 1.50 bits per heavy atom. The molecule has 1 aliphatic rings. The molecule has 3 nitrogen and oxygen atoms in total. The Bertz CT molecular complexity index is 257. The van der Waals surface area contributed by atoms with Crippen LogP contribution >= 0.6 is 0 Å². The van der Waals surface area contributed by atoms with Gasteiger partial charge in [-0.05, 0) is 18.9 Å². The molecule has 1 fully saturated rings. The average Bonchev–Trinajstić information content (AvgIpc) is 2.70. The summed E-state index contributed by atoms with van der Waals surface area (Å²) in [5.41, 5.74) is 0. The SMILES string of the molecule is C#CN/C(=C\C=C/CO)N1CCCC1. The van der Waals surface area contributed by atoms with Crippen LogP contribution in [0.2, 0.25) is 0 Å². The maximum atomic E-state index is 8.58. The molecule has 0 radical (unpaired) electrons. The van der Waals surface area contributed by atoms with Crippen LogP contribution in [0.15, 0.2) is 24.0 Å². The van der Waals surface area contributed by atoms with Gasteiger partial charge in [0.15, 0.2) is 0 Å². The van der Waals surface area contributed by atoms with Crippen LogP contribution in [0.3, 0.4) is 0 Å². The predicted molar refractivity (Wildman–Crippen MR) is 57.1 cm³/mol. The number of hydrogen-bond donors (Lipinski definition) is 2. The zero-order valence-corrected chi connectivity index (χ0v) is 8.24. The van der Waals surface area contributed by atoms with E-state index < -0.39 is 0 Å². The van der Waals surface area contributed by atoms with Gasteiger partial charge in [-0.2, -0.15) is 0 Å². The lowest BCUT2D eigenvalue weighted by atomic mass is 10.4. The summed E-state index contributed by atoms with van der Waals surface area (Å²) in [4.78, 5) is 2.21. The van der Waals surface area contributed by atoms with Crippen LogP contribution in [0.1, 0.15) is 12.8 Å². The molecule has 2 N–H and O–H groups in total. The molecular weight excluding hydrogens is 176 g/mol. The summed E-state index contributed by atoms with van der Waals surface area (Å²) >= 11 is 0. The molecule has 1 aliphatic heterocycles. The molecule has 1 heterocycles. The van der Waals surface area contributed by atoms with E-state index in [0.29, 0.717) is 0 Å². The van der Waals surface area contributed by atoms with Crippen molar-refractivity contribution in [2.45, 2.75) is 12.8 Å². The molecule has 0 unspecified atom stereocenters. The highest BCUT2D eigenvalue weighted by atomic mass is 16.2. The summed E-state index contributed by atoms with van der Waals surface area (Å²) < 4.78 is 0. The van der Waals surface area contributed by atoms with Crippen LogP contribution in [-0.4, -0.2) is 29.7 Å². The van der Waals surface area contributed by atoms with Crippen molar-refractivity contribution in [3.63, 3.8) is 0 Å². The lowest BCUT2D eigenvalue weighted by Crippen LogP contribution is -2.26. The van der Waals surface area contributed by atoms with Gasteiger partial charge in [-0.1, -0.05) is 18.6 Å². The van der Waals surface area contributed by atoms with Gasteiger partial charge in [0.05, 0.1) is 6.61 Å². The molecule has 0 aromatic heterocycles. The molecule has 0 aliphatic carbocycles.